The normalized spacial score (nSPS) is 19.1. The standard InChI is InChI=1S/C24H27N3O3/c1-16(26-17(2)28)18-3-5-20(6-4-18)30-23-11-12-27(15-23)24-10-9-22(13-19(24)14-25)29-21-7-8-21/h3-6,9-10,13,16,21,23H,7-8,11-12,15H2,1-2H3,(H,26,28)/t16-,23+/m0/s1. The zero-order chi connectivity index (χ0) is 21.1. The van der Waals surface area contributed by atoms with Gasteiger partial charge in [0.05, 0.1) is 29.9 Å². The SMILES string of the molecule is CC(=O)N[C@@H](C)c1ccc(O[C@@H]2CCN(c3ccc(OC4CC4)cc3C#N)C2)cc1. The van der Waals surface area contributed by atoms with Crippen LogP contribution in [0.15, 0.2) is 42.5 Å². The van der Waals surface area contributed by atoms with Gasteiger partial charge in [0.2, 0.25) is 5.91 Å². The van der Waals surface area contributed by atoms with Crippen LogP contribution in [-0.2, 0) is 4.79 Å². The molecule has 1 saturated carbocycles. The minimum atomic E-state index is -0.0438. The second kappa shape index (κ2) is 8.66. The van der Waals surface area contributed by atoms with Crippen molar-refractivity contribution in [2.75, 3.05) is 18.0 Å². The molecule has 1 aliphatic heterocycles. The van der Waals surface area contributed by atoms with Crippen molar-refractivity contribution in [3.8, 4) is 17.6 Å². The van der Waals surface area contributed by atoms with Crippen LogP contribution in [0.25, 0.3) is 0 Å². The fourth-order valence-corrected chi connectivity index (χ4v) is 3.79. The first kappa shape index (κ1) is 20.1. The maximum atomic E-state index is 11.2. The van der Waals surface area contributed by atoms with Crippen molar-refractivity contribution in [1.82, 2.24) is 5.32 Å². The molecular weight excluding hydrogens is 378 g/mol. The third kappa shape index (κ3) is 4.85. The predicted molar refractivity (Wildman–Crippen MR) is 115 cm³/mol. The van der Waals surface area contributed by atoms with E-state index >= 15 is 0 Å². The number of benzene rings is 2. The van der Waals surface area contributed by atoms with Crippen molar-refractivity contribution < 1.29 is 14.3 Å². The van der Waals surface area contributed by atoms with Crippen LogP contribution < -0.4 is 19.7 Å². The van der Waals surface area contributed by atoms with Crippen LogP contribution in [0.5, 0.6) is 11.5 Å². The monoisotopic (exact) mass is 405 g/mol. The molecule has 2 fully saturated rings. The topological polar surface area (TPSA) is 74.6 Å². The highest BCUT2D eigenvalue weighted by molar-refractivity contribution is 5.73. The van der Waals surface area contributed by atoms with E-state index in [-0.39, 0.29) is 18.1 Å². The Bertz CT molecular complexity index is 947. The summed E-state index contributed by atoms with van der Waals surface area (Å²) in [6.07, 6.45) is 3.48. The first-order chi connectivity index (χ1) is 14.5. The number of nitriles is 1. The number of anilines is 1. The molecule has 2 atom stereocenters. The minimum Gasteiger partial charge on any atom is -0.490 e. The fourth-order valence-electron chi connectivity index (χ4n) is 3.79. The van der Waals surface area contributed by atoms with Crippen molar-refractivity contribution in [2.45, 2.75) is 51.4 Å². The molecule has 30 heavy (non-hydrogen) atoms. The molecule has 4 rings (SSSR count). The molecule has 2 aromatic carbocycles. The Hall–Kier alpha value is -3.20. The van der Waals surface area contributed by atoms with E-state index in [0.29, 0.717) is 11.7 Å². The van der Waals surface area contributed by atoms with Crippen molar-refractivity contribution in [3.05, 3.63) is 53.6 Å². The molecule has 2 aromatic rings. The van der Waals surface area contributed by atoms with Crippen molar-refractivity contribution in [3.63, 3.8) is 0 Å². The lowest BCUT2D eigenvalue weighted by Gasteiger charge is -2.21. The minimum absolute atomic E-state index is 0.0326. The van der Waals surface area contributed by atoms with E-state index in [2.05, 4.69) is 16.3 Å². The molecular formula is C24H27N3O3. The van der Waals surface area contributed by atoms with Gasteiger partial charge < -0.3 is 19.7 Å². The van der Waals surface area contributed by atoms with Gasteiger partial charge >= 0.3 is 0 Å². The fraction of sp³-hybridized carbons (Fsp3) is 0.417. The van der Waals surface area contributed by atoms with Gasteiger partial charge in [0, 0.05) is 26.0 Å². The van der Waals surface area contributed by atoms with Crippen LogP contribution >= 0.6 is 0 Å². The van der Waals surface area contributed by atoms with Crippen LogP contribution in [0.4, 0.5) is 5.69 Å². The van der Waals surface area contributed by atoms with E-state index in [1.54, 1.807) is 0 Å². The molecule has 0 radical (unpaired) electrons. The lowest BCUT2D eigenvalue weighted by Crippen LogP contribution is -2.25. The maximum absolute atomic E-state index is 11.2. The molecule has 6 heteroatoms. The van der Waals surface area contributed by atoms with Crippen LogP contribution in [0.1, 0.15) is 50.3 Å². The van der Waals surface area contributed by atoms with E-state index in [0.717, 1.165) is 55.1 Å². The van der Waals surface area contributed by atoms with Crippen molar-refractivity contribution in [2.24, 2.45) is 0 Å². The van der Waals surface area contributed by atoms with Gasteiger partial charge in [0.25, 0.3) is 0 Å². The smallest absolute Gasteiger partial charge is 0.217 e. The highest BCUT2D eigenvalue weighted by Gasteiger charge is 2.27. The zero-order valence-electron chi connectivity index (χ0n) is 17.4. The predicted octanol–water partition coefficient (Wildman–Crippen LogP) is 3.95. The summed E-state index contributed by atoms with van der Waals surface area (Å²) in [5.41, 5.74) is 2.62. The van der Waals surface area contributed by atoms with Gasteiger partial charge in [-0.25, -0.2) is 0 Å². The van der Waals surface area contributed by atoms with E-state index in [1.165, 1.54) is 6.92 Å². The molecule has 1 saturated heterocycles. The van der Waals surface area contributed by atoms with Gasteiger partial charge in [-0.15, -0.1) is 0 Å². The first-order valence-electron chi connectivity index (χ1n) is 10.5. The van der Waals surface area contributed by atoms with Gasteiger partial charge in [0.1, 0.15) is 23.7 Å². The van der Waals surface area contributed by atoms with E-state index < -0.39 is 0 Å². The van der Waals surface area contributed by atoms with Gasteiger partial charge in [-0.3, -0.25) is 4.79 Å². The summed E-state index contributed by atoms with van der Waals surface area (Å²) >= 11 is 0. The number of carbonyl (C=O) groups excluding carboxylic acids is 1. The Morgan fingerprint density at radius 2 is 1.80 bits per heavy atom. The van der Waals surface area contributed by atoms with E-state index in [9.17, 15) is 10.1 Å². The average Bonchev–Trinajstić information content (AvgIpc) is 3.43. The summed E-state index contributed by atoms with van der Waals surface area (Å²) in [5, 5.41) is 12.5. The summed E-state index contributed by atoms with van der Waals surface area (Å²) in [6, 6.07) is 15.9. The lowest BCUT2D eigenvalue weighted by atomic mass is 10.1. The van der Waals surface area contributed by atoms with Crippen LogP contribution in [-0.4, -0.2) is 31.2 Å². The molecule has 6 nitrogen and oxygen atoms in total. The van der Waals surface area contributed by atoms with E-state index in [1.807, 2.05) is 49.4 Å². The highest BCUT2D eigenvalue weighted by Crippen LogP contribution is 2.32. The number of hydrogen-bond acceptors (Lipinski definition) is 5. The number of carbonyl (C=O) groups is 1. The number of amides is 1. The molecule has 0 bridgehead atoms. The Kier molecular flexibility index (Phi) is 5.80. The number of rotatable bonds is 7. The molecule has 1 N–H and O–H groups in total. The molecule has 156 valence electrons. The Labute approximate surface area is 177 Å². The van der Waals surface area contributed by atoms with Gasteiger partial charge in [-0.1, -0.05) is 12.1 Å². The second-order valence-corrected chi connectivity index (χ2v) is 8.07. The highest BCUT2D eigenvalue weighted by atomic mass is 16.5. The Morgan fingerprint density at radius 1 is 1.10 bits per heavy atom. The number of nitrogens with one attached hydrogen (secondary N) is 1. The summed E-state index contributed by atoms with van der Waals surface area (Å²) in [5.74, 6) is 1.55. The maximum Gasteiger partial charge on any atom is 0.217 e. The molecule has 0 aromatic heterocycles. The summed E-state index contributed by atoms with van der Waals surface area (Å²) in [4.78, 5) is 13.4. The van der Waals surface area contributed by atoms with Crippen LogP contribution in [0.3, 0.4) is 0 Å². The lowest BCUT2D eigenvalue weighted by molar-refractivity contribution is -0.119. The summed E-state index contributed by atoms with van der Waals surface area (Å²) in [7, 11) is 0. The number of nitrogens with zero attached hydrogens (tertiary/aromatic N) is 2. The Morgan fingerprint density at radius 3 is 2.47 bits per heavy atom. The number of ether oxygens (including phenoxy) is 2. The van der Waals surface area contributed by atoms with Gasteiger partial charge in [0.15, 0.2) is 0 Å². The van der Waals surface area contributed by atoms with Crippen LogP contribution in [0.2, 0.25) is 0 Å². The summed E-state index contributed by atoms with van der Waals surface area (Å²) in [6.45, 7) is 5.06. The average molecular weight is 405 g/mol. The first-order valence-corrected chi connectivity index (χ1v) is 10.5. The second-order valence-electron chi connectivity index (χ2n) is 8.07. The third-order valence-corrected chi connectivity index (χ3v) is 5.50. The van der Waals surface area contributed by atoms with E-state index in [4.69, 9.17) is 9.47 Å². The largest absolute Gasteiger partial charge is 0.490 e. The molecule has 1 amide bonds. The number of hydrogen-bond donors (Lipinski definition) is 1. The quantitative estimate of drug-likeness (QED) is 0.755. The molecule has 0 unspecified atom stereocenters. The van der Waals surface area contributed by atoms with Gasteiger partial charge in [-0.2, -0.15) is 5.26 Å². The molecule has 1 heterocycles. The zero-order valence-corrected chi connectivity index (χ0v) is 17.4. The molecule has 0 spiro atoms. The van der Waals surface area contributed by atoms with Crippen molar-refractivity contribution in [1.29, 1.82) is 5.26 Å². The van der Waals surface area contributed by atoms with Gasteiger partial charge in [-0.05, 0) is 49.6 Å². The summed E-state index contributed by atoms with van der Waals surface area (Å²) < 4.78 is 12.0. The Balaban J connectivity index is 1.36. The van der Waals surface area contributed by atoms with Crippen molar-refractivity contribution >= 4 is 11.6 Å². The molecule has 2 aliphatic rings. The third-order valence-electron chi connectivity index (χ3n) is 5.50. The van der Waals surface area contributed by atoms with Crippen LogP contribution in [0, 0.1) is 11.3 Å². The molecule has 1 aliphatic carbocycles.